The smallest absolute Gasteiger partial charge is 0.251 e. The van der Waals surface area contributed by atoms with Gasteiger partial charge in [-0.15, -0.1) is 0 Å². The lowest BCUT2D eigenvalue weighted by molar-refractivity contribution is -0.120. The van der Waals surface area contributed by atoms with Crippen LogP contribution in [0.3, 0.4) is 0 Å². The molecule has 0 saturated carbocycles. The van der Waals surface area contributed by atoms with Crippen LogP contribution in [-0.2, 0) is 11.3 Å². The average Bonchev–Trinajstić information content (AvgIpc) is 3.27. The van der Waals surface area contributed by atoms with E-state index in [0.717, 1.165) is 0 Å². The van der Waals surface area contributed by atoms with Crippen LogP contribution >= 0.6 is 0 Å². The van der Waals surface area contributed by atoms with Gasteiger partial charge in [0.05, 0.1) is 13.1 Å². The molecule has 2 N–H and O–H groups in total. The maximum Gasteiger partial charge on any atom is 0.251 e. The molecule has 0 unspecified atom stereocenters. The number of carbonyl (C=O) groups is 2. The molecule has 0 atom stereocenters. The number of hydrogen-bond donors (Lipinski definition) is 2. The number of benzene rings is 1. The van der Waals surface area contributed by atoms with Gasteiger partial charge in [0.25, 0.3) is 5.91 Å². The molecule has 0 aliphatic heterocycles. The summed E-state index contributed by atoms with van der Waals surface area (Å²) in [7, 11) is 0. The van der Waals surface area contributed by atoms with Gasteiger partial charge in [-0.2, -0.15) is 4.98 Å². The second-order valence-electron chi connectivity index (χ2n) is 5.16. The molecule has 0 spiro atoms. The first-order chi connectivity index (χ1) is 12.1. The Morgan fingerprint density at radius 1 is 1.08 bits per heavy atom. The van der Waals surface area contributed by atoms with Gasteiger partial charge in [0.1, 0.15) is 5.76 Å². The first-order valence-electron chi connectivity index (χ1n) is 7.48. The standard InChI is InChI=1S/C16H15N5O4/c1-10-7-12(20-24-10)15-19-14(25-21-15)9-17-13(22)8-18-16(23)11-5-3-2-4-6-11/h2-7H,8-9H2,1H3,(H,17,22)(H,18,23). The molecule has 3 rings (SSSR count). The van der Waals surface area contributed by atoms with E-state index in [9.17, 15) is 9.59 Å². The minimum Gasteiger partial charge on any atom is -0.361 e. The van der Waals surface area contributed by atoms with Gasteiger partial charge in [-0.05, 0) is 19.1 Å². The Bertz CT molecular complexity index is 872. The van der Waals surface area contributed by atoms with Gasteiger partial charge in [0, 0.05) is 11.6 Å². The highest BCUT2D eigenvalue weighted by molar-refractivity contribution is 5.96. The molecule has 25 heavy (non-hydrogen) atoms. The van der Waals surface area contributed by atoms with Crippen molar-refractivity contribution in [2.75, 3.05) is 6.54 Å². The quantitative estimate of drug-likeness (QED) is 0.687. The molecule has 1 aromatic carbocycles. The molecule has 0 saturated heterocycles. The fourth-order valence-electron chi connectivity index (χ4n) is 1.99. The number of hydrogen-bond acceptors (Lipinski definition) is 7. The van der Waals surface area contributed by atoms with Crippen LogP contribution in [0.4, 0.5) is 0 Å². The molecular weight excluding hydrogens is 326 g/mol. The minimum atomic E-state index is -0.374. The van der Waals surface area contributed by atoms with Gasteiger partial charge in [-0.3, -0.25) is 9.59 Å². The van der Waals surface area contributed by atoms with E-state index in [1.807, 2.05) is 6.07 Å². The monoisotopic (exact) mass is 341 g/mol. The highest BCUT2D eigenvalue weighted by Gasteiger charge is 2.13. The van der Waals surface area contributed by atoms with Gasteiger partial charge in [-0.25, -0.2) is 0 Å². The van der Waals surface area contributed by atoms with Crippen molar-refractivity contribution in [2.24, 2.45) is 0 Å². The number of nitrogens with zero attached hydrogens (tertiary/aromatic N) is 3. The van der Waals surface area contributed by atoms with E-state index in [1.165, 1.54) is 0 Å². The molecule has 0 aliphatic rings. The largest absolute Gasteiger partial charge is 0.361 e. The molecule has 9 nitrogen and oxygen atoms in total. The van der Waals surface area contributed by atoms with Crippen molar-refractivity contribution in [1.29, 1.82) is 0 Å². The van der Waals surface area contributed by atoms with Crippen LogP contribution in [0.25, 0.3) is 11.5 Å². The van der Waals surface area contributed by atoms with Crippen LogP contribution in [-0.4, -0.2) is 33.7 Å². The van der Waals surface area contributed by atoms with E-state index in [-0.39, 0.29) is 36.6 Å². The lowest BCUT2D eigenvalue weighted by Crippen LogP contribution is -2.36. The summed E-state index contributed by atoms with van der Waals surface area (Å²) in [5, 5.41) is 12.7. The zero-order valence-electron chi connectivity index (χ0n) is 13.4. The molecule has 0 aliphatic carbocycles. The molecule has 0 fully saturated rings. The third-order valence-electron chi connectivity index (χ3n) is 3.21. The number of carbonyl (C=O) groups excluding carboxylic acids is 2. The minimum absolute atomic E-state index is 0.0455. The zero-order chi connectivity index (χ0) is 17.6. The molecule has 9 heteroatoms. The second kappa shape index (κ2) is 7.39. The normalized spacial score (nSPS) is 10.4. The van der Waals surface area contributed by atoms with Crippen molar-refractivity contribution in [1.82, 2.24) is 25.9 Å². The van der Waals surface area contributed by atoms with Gasteiger partial charge in [0.15, 0.2) is 5.69 Å². The van der Waals surface area contributed by atoms with Crippen LogP contribution in [0.5, 0.6) is 0 Å². The van der Waals surface area contributed by atoms with E-state index in [1.54, 1.807) is 37.3 Å². The van der Waals surface area contributed by atoms with Crippen LogP contribution in [0, 0.1) is 6.92 Å². The SMILES string of the molecule is Cc1cc(-c2noc(CNC(=O)CNC(=O)c3ccccc3)n2)no1. The first-order valence-corrected chi connectivity index (χ1v) is 7.48. The summed E-state index contributed by atoms with van der Waals surface area (Å²) in [6.07, 6.45) is 0. The van der Waals surface area contributed by atoms with Crippen molar-refractivity contribution in [3.05, 3.63) is 53.6 Å². The summed E-state index contributed by atoms with van der Waals surface area (Å²) in [5.74, 6) is 0.430. The van der Waals surface area contributed by atoms with Crippen molar-refractivity contribution in [2.45, 2.75) is 13.5 Å². The Labute approximate surface area is 142 Å². The summed E-state index contributed by atoms with van der Waals surface area (Å²) in [6.45, 7) is 1.64. The Morgan fingerprint density at radius 3 is 2.60 bits per heavy atom. The van der Waals surface area contributed by atoms with Crippen molar-refractivity contribution in [3.63, 3.8) is 0 Å². The molecule has 128 valence electrons. The molecular formula is C16H15N5O4. The molecule has 2 heterocycles. The number of rotatable bonds is 6. The van der Waals surface area contributed by atoms with Crippen molar-refractivity contribution in [3.8, 4) is 11.5 Å². The maximum absolute atomic E-state index is 11.8. The highest BCUT2D eigenvalue weighted by atomic mass is 16.5. The third-order valence-corrected chi connectivity index (χ3v) is 3.21. The Kier molecular flexibility index (Phi) is 4.84. The molecule has 0 bridgehead atoms. The zero-order valence-corrected chi connectivity index (χ0v) is 13.4. The maximum atomic E-state index is 11.8. The predicted octanol–water partition coefficient (Wildman–Crippen LogP) is 1.08. The summed E-state index contributed by atoms with van der Waals surface area (Å²) < 4.78 is 9.96. The van der Waals surface area contributed by atoms with Crippen LogP contribution in [0.2, 0.25) is 0 Å². The fourth-order valence-corrected chi connectivity index (χ4v) is 1.99. The molecule has 3 aromatic rings. The van der Waals surface area contributed by atoms with Gasteiger partial charge in [-0.1, -0.05) is 28.5 Å². The summed E-state index contributed by atoms with van der Waals surface area (Å²) in [5.41, 5.74) is 0.939. The summed E-state index contributed by atoms with van der Waals surface area (Å²) >= 11 is 0. The van der Waals surface area contributed by atoms with Crippen molar-refractivity contribution >= 4 is 11.8 Å². The predicted molar refractivity (Wildman–Crippen MR) is 85.2 cm³/mol. The number of aryl methyl sites for hydroxylation is 1. The van der Waals surface area contributed by atoms with Crippen LogP contribution in [0.1, 0.15) is 22.0 Å². The van der Waals surface area contributed by atoms with E-state index in [2.05, 4.69) is 25.9 Å². The second-order valence-corrected chi connectivity index (χ2v) is 5.16. The van der Waals surface area contributed by atoms with Crippen molar-refractivity contribution < 1.29 is 18.6 Å². The lowest BCUT2D eigenvalue weighted by Gasteiger charge is -2.05. The Balaban J connectivity index is 1.46. The van der Waals surface area contributed by atoms with Crippen LogP contribution < -0.4 is 10.6 Å². The van der Waals surface area contributed by atoms with Gasteiger partial charge in [0.2, 0.25) is 17.6 Å². The van der Waals surface area contributed by atoms with Gasteiger partial charge < -0.3 is 19.7 Å². The van der Waals surface area contributed by atoms with E-state index < -0.39 is 0 Å². The third kappa shape index (κ3) is 4.28. The van der Waals surface area contributed by atoms with Gasteiger partial charge >= 0.3 is 0 Å². The number of aromatic nitrogens is 3. The Hall–Kier alpha value is -3.49. The summed E-state index contributed by atoms with van der Waals surface area (Å²) in [6, 6.07) is 10.3. The molecule has 2 aromatic heterocycles. The average molecular weight is 341 g/mol. The molecule has 0 radical (unpaired) electrons. The van der Waals surface area contributed by atoms with E-state index in [0.29, 0.717) is 17.0 Å². The number of nitrogens with one attached hydrogen (secondary N) is 2. The Morgan fingerprint density at radius 2 is 1.88 bits per heavy atom. The molecule has 2 amide bonds. The van der Waals surface area contributed by atoms with Crippen LogP contribution in [0.15, 0.2) is 45.4 Å². The fraction of sp³-hybridized carbons (Fsp3) is 0.188. The van der Waals surface area contributed by atoms with E-state index in [4.69, 9.17) is 9.05 Å². The van der Waals surface area contributed by atoms with E-state index >= 15 is 0 Å². The lowest BCUT2D eigenvalue weighted by atomic mass is 10.2. The summed E-state index contributed by atoms with van der Waals surface area (Å²) in [4.78, 5) is 27.7. The topological polar surface area (TPSA) is 123 Å². The number of amides is 2. The highest BCUT2D eigenvalue weighted by Crippen LogP contribution is 2.14. The first kappa shape index (κ1) is 16.4.